The lowest BCUT2D eigenvalue weighted by atomic mass is 10.3. The number of likely N-dealkylation sites (tertiary alicyclic amines) is 1. The first kappa shape index (κ1) is 13.3. The van der Waals surface area contributed by atoms with Crippen molar-refractivity contribution in [2.45, 2.75) is 12.8 Å². The Labute approximate surface area is 111 Å². The van der Waals surface area contributed by atoms with Gasteiger partial charge in [0.15, 0.2) is 0 Å². The second kappa shape index (κ2) is 5.64. The second-order valence-corrected chi connectivity index (χ2v) is 4.51. The van der Waals surface area contributed by atoms with E-state index >= 15 is 0 Å². The van der Waals surface area contributed by atoms with Gasteiger partial charge in [-0.1, -0.05) is 0 Å². The van der Waals surface area contributed by atoms with E-state index in [4.69, 9.17) is 0 Å². The van der Waals surface area contributed by atoms with E-state index in [0.29, 0.717) is 25.3 Å². The molecule has 2 rings (SSSR count). The normalized spacial score (nSPS) is 14.8. The number of nitrogens with zero attached hydrogens (tertiary/aromatic N) is 4. The van der Waals surface area contributed by atoms with Gasteiger partial charge in [-0.3, -0.25) is 14.9 Å². The summed E-state index contributed by atoms with van der Waals surface area (Å²) in [5.41, 5.74) is -0.0160. The third-order valence-corrected chi connectivity index (χ3v) is 3.20. The Kier molecular flexibility index (Phi) is 3.94. The Balaban J connectivity index is 2.01. The number of carbonyl (C=O) groups excluding carboxylic acids is 1. The van der Waals surface area contributed by atoms with Crippen molar-refractivity contribution in [2.24, 2.45) is 0 Å². The minimum absolute atomic E-state index is 0.0160. The summed E-state index contributed by atoms with van der Waals surface area (Å²) in [6.07, 6.45) is 3.03. The highest BCUT2D eigenvalue weighted by atomic mass is 16.6. The van der Waals surface area contributed by atoms with E-state index in [-0.39, 0.29) is 11.6 Å². The molecule has 0 bridgehead atoms. The van der Waals surface area contributed by atoms with Gasteiger partial charge >= 0.3 is 5.69 Å². The zero-order valence-corrected chi connectivity index (χ0v) is 10.8. The first-order valence-corrected chi connectivity index (χ1v) is 6.18. The highest BCUT2D eigenvalue weighted by Crippen LogP contribution is 2.23. The average Bonchev–Trinajstić information content (AvgIpc) is 2.81. The molecule has 0 unspecified atom stereocenters. The van der Waals surface area contributed by atoms with Crippen LogP contribution in [0.15, 0.2) is 18.3 Å². The van der Waals surface area contributed by atoms with Gasteiger partial charge in [-0.15, -0.1) is 0 Å². The zero-order valence-electron chi connectivity index (χ0n) is 10.8. The maximum absolute atomic E-state index is 11.5. The summed E-state index contributed by atoms with van der Waals surface area (Å²) in [5.74, 6) is 0.489. The van der Waals surface area contributed by atoms with Crippen LogP contribution < -0.4 is 4.90 Å². The molecule has 0 atom stereocenters. The number of hydrogen-bond donors (Lipinski definition) is 0. The molecule has 1 aliphatic rings. The van der Waals surface area contributed by atoms with E-state index < -0.39 is 4.92 Å². The van der Waals surface area contributed by atoms with Crippen molar-refractivity contribution in [3.63, 3.8) is 0 Å². The molecule has 2 heterocycles. The zero-order chi connectivity index (χ0) is 13.8. The molecule has 1 aromatic heterocycles. The predicted octanol–water partition coefficient (Wildman–Crippen LogP) is 1.05. The predicted molar refractivity (Wildman–Crippen MR) is 70.0 cm³/mol. The molecule has 0 saturated carbocycles. The van der Waals surface area contributed by atoms with Crippen LogP contribution in [-0.4, -0.2) is 47.4 Å². The first-order chi connectivity index (χ1) is 9.09. The molecule has 0 aromatic carbocycles. The minimum atomic E-state index is -0.445. The van der Waals surface area contributed by atoms with E-state index in [1.165, 1.54) is 12.3 Å². The molecule has 102 valence electrons. The Morgan fingerprint density at radius 2 is 2.37 bits per heavy atom. The number of rotatable bonds is 5. The minimum Gasteiger partial charge on any atom is -0.352 e. The monoisotopic (exact) mass is 264 g/mol. The number of hydrogen-bond acceptors (Lipinski definition) is 5. The summed E-state index contributed by atoms with van der Waals surface area (Å²) in [5, 5.41) is 10.9. The van der Waals surface area contributed by atoms with Crippen LogP contribution in [0, 0.1) is 10.1 Å². The summed E-state index contributed by atoms with van der Waals surface area (Å²) in [6, 6.07) is 2.97. The van der Waals surface area contributed by atoms with Crippen molar-refractivity contribution in [3.8, 4) is 0 Å². The van der Waals surface area contributed by atoms with Gasteiger partial charge in [-0.25, -0.2) is 4.98 Å². The van der Waals surface area contributed by atoms with Crippen molar-refractivity contribution in [1.29, 1.82) is 0 Å². The van der Waals surface area contributed by atoms with Crippen LogP contribution >= 0.6 is 0 Å². The summed E-state index contributed by atoms with van der Waals surface area (Å²) in [6.45, 7) is 1.88. The fourth-order valence-electron chi connectivity index (χ4n) is 2.14. The molecule has 19 heavy (non-hydrogen) atoms. The van der Waals surface area contributed by atoms with E-state index in [0.717, 1.165) is 13.0 Å². The molecule has 1 amide bonds. The Morgan fingerprint density at radius 1 is 1.58 bits per heavy atom. The van der Waals surface area contributed by atoms with Crippen molar-refractivity contribution in [1.82, 2.24) is 9.88 Å². The van der Waals surface area contributed by atoms with E-state index in [9.17, 15) is 14.9 Å². The van der Waals surface area contributed by atoms with Gasteiger partial charge in [0, 0.05) is 45.4 Å². The summed E-state index contributed by atoms with van der Waals surface area (Å²) in [4.78, 5) is 29.5. The Bertz CT molecular complexity index is 492. The SMILES string of the molecule is CN(CCN1CCCC1=O)c1ncccc1[N+](=O)[O-]. The van der Waals surface area contributed by atoms with Gasteiger partial charge in [-0.05, 0) is 12.5 Å². The van der Waals surface area contributed by atoms with Crippen LogP contribution in [-0.2, 0) is 4.79 Å². The molecule has 7 nitrogen and oxygen atoms in total. The molecule has 1 saturated heterocycles. The van der Waals surface area contributed by atoms with Crippen molar-refractivity contribution in [2.75, 3.05) is 31.6 Å². The van der Waals surface area contributed by atoms with Crippen LogP contribution in [0.5, 0.6) is 0 Å². The maximum atomic E-state index is 11.5. The topological polar surface area (TPSA) is 79.6 Å². The standard InChI is InChI=1S/C12H16N4O3/c1-14(8-9-15-7-3-5-11(15)17)12-10(16(18)19)4-2-6-13-12/h2,4,6H,3,5,7-9H2,1H3. The first-order valence-electron chi connectivity index (χ1n) is 6.18. The van der Waals surface area contributed by atoms with Gasteiger partial charge < -0.3 is 9.80 Å². The lowest BCUT2D eigenvalue weighted by molar-refractivity contribution is -0.384. The number of aromatic nitrogens is 1. The third-order valence-electron chi connectivity index (χ3n) is 3.20. The molecule has 7 heteroatoms. The second-order valence-electron chi connectivity index (χ2n) is 4.51. The summed E-state index contributed by atoms with van der Waals surface area (Å²) < 4.78 is 0. The van der Waals surface area contributed by atoms with Crippen LogP contribution in [0.4, 0.5) is 11.5 Å². The van der Waals surface area contributed by atoms with Crippen molar-refractivity contribution in [3.05, 3.63) is 28.4 Å². The van der Waals surface area contributed by atoms with Gasteiger partial charge in [0.1, 0.15) is 0 Å². The lowest BCUT2D eigenvalue weighted by Crippen LogP contribution is -2.34. The molecule has 0 spiro atoms. The highest BCUT2D eigenvalue weighted by molar-refractivity contribution is 5.78. The van der Waals surface area contributed by atoms with E-state index in [1.54, 1.807) is 22.9 Å². The van der Waals surface area contributed by atoms with Gasteiger partial charge in [0.2, 0.25) is 11.7 Å². The lowest BCUT2D eigenvalue weighted by Gasteiger charge is -2.22. The summed E-state index contributed by atoms with van der Waals surface area (Å²) in [7, 11) is 1.75. The summed E-state index contributed by atoms with van der Waals surface area (Å²) >= 11 is 0. The molecule has 0 aliphatic carbocycles. The van der Waals surface area contributed by atoms with E-state index in [2.05, 4.69) is 4.98 Å². The highest BCUT2D eigenvalue weighted by Gasteiger charge is 2.22. The fraction of sp³-hybridized carbons (Fsp3) is 0.500. The molecule has 1 fully saturated rings. The van der Waals surface area contributed by atoms with Crippen LogP contribution in [0.25, 0.3) is 0 Å². The molecule has 1 aromatic rings. The van der Waals surface area contributed by atoms with Crippen LogP contribution in [0.1, 0.15) is 12.8 Å². The molecule has 0 radical (unpaired) electrons. The van der Waals surface area contributed by atoms with Crippen LogP contribution in [0.2, 0.25) is 0 Å². The number of carbonyl (C=O) groups is 1. The molecular weight excluding hydrogens is 248 g/mol. The molecule has 0 N–H and O–H groups in total. The Hall–Kier alpha value is -2.18. The molecule has 1 aliphatic heterocycles. The average molecular weight is 264 g/mol. The number of pyridine rings is 1. The van der Waals surface area contributed by atoms with Crippen molar-refractivity contribution < 1.29 is 9.72 Å². The van der Waals surface area contributed by atoms with E-state index in [1.807, 2.05) is 0 Å². The number of likely N-dealkylation sites (N-methyl/N-ethyl adjacent to an activating group) is 1. The maximum Gasteiger partial charge on any atom is 0.311 e. The number of amides is 1. The smallest absolute Gasteiger partial charge is 0.311 e. The third kappa shape index (κ3) is 2.98. The van der Waals surface area contributed by atoms with Crippen molar-refractivity contribution >= 4 is 17.4 Å². The van der Waals surface area contributed by atoms with Gasteiger partial charge in [-0.2, -0.15) is 0 Å². The fourth-order valence-corrected chi connectivity index (χ4v) is 2.14. The quantitative estimate of drug-likeness (QED) is 0.586. The molecular formula is C12H16N4O3. The van der Waals surface area contributed by atoms with Gasteiger partial charge in [0.25, 0.3) is 0 Å². The largest absolute Gasteiger partial charge is 0.352 e. The number of anilines is 1. The van der Waals surface area contributed by atoms with Gasteiger partial charge in [0.05, 0.1) is 4.92 Å². The number of nitro groups is 1. The van der Waals surface area contributed by atoms with Crippen LogP contribution in [0.3, 0.4) is 0 Å². The Morgan fingerprint density at radius 3 is 3.00 bits per heavy atom.